The first-order valence-electron chi connectivity index (χ1n) is 8.41. The van der Waals surface area contributed by atoms with Crippen LogP contribution >= 0.6 is 0 Å². The molecule has 1 saturated heterocycles. The van der Waals surface area contributed by atoms with Crippen molar-refractivity contribution in [3.63, 3.8) is 0 Å². The third-order valence-corrected chi connectivity index (χ3v) is 4.64. The molecular weight excluding hydrogens is 282 g/mol. The molecule has 1 unspecified atom stereocenters. The molecule has 1 aliphatic carbocycles. The molecule has 1 aliphatic heterocycles. The lowest BCUT2D eigenvalue weighted by molar-refractivity contribution is -0.0637. The Bertz CT molecular complexity index is 407. The van der Waals surface area contributed by atoms with Crippen LogP contribution in [0.2, 0.25) is 0 Å². The van der Waals surface area contributed by atoms with E-state index in [1.165, 1.54) is 0 Å². The molecular formula is C17H31NO4. The minimum atomic E-state index is -0.661. The van der Waals surface area contributed by atoms with Gasteiger partial charge in [0.25, 0.3) is 0 Å². The summed E-state index contributed by atoms with van der Waals surface area (Å²) in [7, 11) is 0. The summed E-state index contributed by atoms with van der Waals surface area (Å²) < 4.78 is 11.3. The normalized spacial score (nSPS) is 27.2. The van der Waals surface area contributed by atoms with Gasteiger partial charge in [0.2, 0.25) is 0 Å². The highest BCUT2D eigenvalue weighted by Gasteiger charge is 2.46. The second kappa shape index (κ2) is 6.00. The van der Waals surface area contributed by atoms with Crippen molar-refractivity contribution in [2.24, 2.45) is 0 Å². The summed E-state index contributed by atoms with van der Waals surface area (Å²) in [6.07, 6.45) is 5.07. The van der Waals surface area contributed by atoms with Crippen molar-refractivity contribution in [2.75, 3.05) is 6.61 Å². The van der Waals surface area contributed by atoms with Crippen molar-refractivity contribution in [3.05, 3.63) is 0 Å². The molecule has 2 aliphatic rings. The Kier molecular flexibility index (Phi) is 4.79. The average molecular weight is 313 g/mol. The van der Waals surface area contributed by atoms with E-state index in [-0.39, 0.29) is 12.1 Å². The molecule has 1 N–H and O–H groups in total. The third kappa shape index (κ3) is 4.13. The Morgan fingerprint density at radius 2 is 1.91 bits per heavy atom. The fourth-order valence-electron chi connectivity index (χ4n) is 3.49. The Labute approximate surface area is 134 Å². The number of rotatable bonds is 3. The van der Waals surface area contributed by atoms with Crippen LogP contribution in [0.1, 0.15) is 73.1 Å². The Morgan fingerprint density at radius 1 is 1.32 bits per heavy atom. The van der Waals surface area contributed by atoms with Gasteiger partial charge in [-0.1, -0.05) is 12.8 Å². The van der Waals surface area contributed by atoms with Crippen molar-refractivity contribution in [3.8, 4) is 0 Å². The molecule has 2 fully saturated rings. The number of hydrogen-bond donors (Lipinski definition) is 1. The average Bonchev–Trinajstić information content (AvgIpc) is 2.89. The second-order valence-corrected chi connectivity index (χ2v) is 8.23. The van der Waals surface area contributed by atoms with Crippen LogP contribution in [0.15, 0.2) is 0 Å². The second-order valence-electron chi connectivity index (χ2n) is 8.23. The predicted molar refractivity (Wildman–Crippen MR) is 84.5 cm³/mol. The summed E-state index contributed by atoms with van der Waals surface area (Å²) in [5.41, 5.74) is -1.73. The van der Waals surface area contributed by atoms with Gasteiger partial charge >= 0.3 is 6.09 Å². The lowest BCUT2D eigenvalue weighted by atomic mass is 9.93. The summed E-state index contributed by atoms with van der Waals surface area (Å²) in [4.78, 5) is 14.2. The van der Waals surface area contributed by atoms with Gasteiger partial charge in [-0.25, -0.2) is 4.79 Å². The van der Waals surface area contributed by atoms with Gasteiger partial charge in [0.15, 0.2) is 0 Å². The fraction of sp³-hybridized carbons (Fsp3) is 0.941. The molecule has 0 spiro atoms. The van der Waals surface area contributed by atoms with E-state index in [2.05, 4.69) is 0 Å². The SMILES string of the molecule is CC(C)(C)OC(=O)N1C(CCC2(O)CCCC2)COC1(C)C. The first-order valence-corrected chi connectivity index (χ1v) is 8.41. The molecule has 2 rings (SSSR count). The molecule has 1 saturated carbocycles. The molecule has 1 heterocycles. The lowest BCUT2D eigenvalue weighted by Gasteiger charge is -2.36. The molecule has 1 atom stereocenters. The van der Waals surface area contributed by atoms with Crippen LogP contribution in [0.25, 0.3) is 0 Å². The molecule has 0 radical (unpaired) electrons. The molecule has 5 heteroatoms. The van der Waals surface area contributed by atoms with E-state index in [0.29, 0.717) is 6.61 Å². The van der Waals surface area contributed by atoms with Gasteiger partial charge in [0.1, 0.15) is 11.3 Å². The van der Waals surface area contributed by atoms with E-state index >= 15 is 0 Å². The van der Waals surface area contributed by atoms with Gasteiger partial charge in [-0.15, -0.1) is 0 Å². The van der Waals surface area contributed by atoms with Crippen LogP contribution in [0.4, 0.5) is 4.79 Å². The smallest absolute Gasteiger partial charge is 0.412 e. The number of nitrogens with zero attached hydrogens (tertiary/aromatic N) is 1. The van der Waals surface area contributed by atoms with Gasteiger partial charge in [0.05, 0.1) is 18.2 Å². The minimum absolute atomic E-state index is 0.0329. The highest BCUT2D eigenvalue weighted by molar-refractivity contribution is 5.69. The largest absolute Gasteiger partial charge is 0.444 e. The summed E-state index contributed by atoms with van der Waals surface area (Å²) in [5.74, 6) is 0. The van der Waals surface area contributed by atoms with Crippen LogP contribution < -0.4 is 0 Å². The summed E-state index contributed by atoms with van der Waals surface area (Å²) >= 11 is 0. The summed E-state index contributed by atoms with van der Waals surface area (Å²) in [6.45, 7) is 9.88. The van der Waals surface area contributed by atoms with E-state index in [1.54, 1.807) is 4.90 Å². The first-order chi connectivity index (χ1) is 10.0. The number of aliphatic hydroxyl groups is 1. The van der Waals surface area contributed by atoms with Crippen LogP contribution in [0, 0.1) is 0 Å². The van der Waals surface area contributed by atoms with Crippen molar-refractivity contribution in [1.82, 2.24) is 4.90 Å². The number of ether oxygens (including phenoxy) is 2. The molecule has 22 heavy (non-hydrogen) atoms. The molecule has 0 aromatic rings. The minimum Gasteiger partial charge on any atom is -0.444 e. The van der Waals surface area contributed by atoms with E-state index in [9.17, 15) is 9.90 Å². The van der Waals surface area contributed by atoms with Gasteiger partial charge in [-0.05, 0) is 60.3 Å². The van der Waals surface area contributed by atoms with E-state index in [1.807, 2.05) is 34.6 Å². The molecule has 128 valence electrons. The van der Waals surface area contributed by atoms with Crippen LogP contribution in [0.3, 0.4) is 0 Å². The van der Waals surface area contributed by atoms with Crippen molar-refractivity contribution in [1.29, 1.82) is 0 Å². The standard InChI is InChI=1S/C17H31NO4/c1-15(2,3)22-14(19)18-13(12-21-16(18,4)5)8-11-17(20)9-6-7-10-17/h13,20H,6-12H2,1-5H3. The number of carbonyl (C=O) groups excluding carboxylic acids is 1. The fourth-order valence-corrected chi connectivity index (χ4v) is 3.49. The third-order valence-electron chi connectivity index (χ3n) is 4.64. The van der Waals surface area contributed by atoms with E-state index in [0.717, 1.165) is 38.5 Å². The highest BCUT2D eigenvalue weighted by Crippen LogP contribution is 2.37. The van der Waals surface area contributed by atoms with Crippen molar-refractivity contribution >= 4 is 6.09 Å². The molecule has 1 amide bonds. The maximum Gasteiger partial charge on any atom is 0.412 e. The highest BCUT2D eigenvalue weighted by atomic mass is 16.6. The van der Waals surface area contributed by atoms with Gasteiger partial charge in [-0.2, -0.15) is 0 Å². The van der Waals surface area contributed by atoms with Crippen molar-refractivity contribution < 1.29 is 19.4 Å². The summed E-state index contributed by atoms with van der Waals surface area (Å²) in [5, 5.41) is 10.5. The van der Waals surface area contributed by atoms with Gasteiger partial charge < -0.3 is 14.6 Å². The Balaban J connectivity index is 2.01. The predicted octanol–water partition coefficient (Wildman–Crippen LogP) is 3.44. The first kappa shape index (κ1) is 17.5. The van der Waals surface area contributed by atoms with Gasteiger partial charge in [0, 0.05) is 0 Å². The van der Waals surface area contributed by atoms with Crippen molar-refractivity contribution in [2.45, 2.75) is 96.1 Å². The topological polar surface area (TPSA) is 59.0 Å². The zero-order valence-electron chi connectivity index (χ0n) is 14.6. The van der Waals surface area contributed by atoms with Crippen LogP contribution in [0.5, 0.6) is 0 Å². The van der Waals surface area contributed by atoms with E-state index < -0.39 is 16.9 Å². The Morgan fingerprint density at radius 3 is 2.45 bits per heavy atom. The zero-order valence-corrected chi connectivity index (χ0v) is 14.6. The number of carbonyl (C=O) groups is 1. The molecule has 0 bridgehead atoms. The maximum atomic E-state index is 12.5. The quantitative estimate of drug-likeness (QED) is 0.867. The summed E-state index contributed by atoms with van der Waals surface area (Å²) in [6, 6.07) is -0.0329. The zero-order chi connectivity index (χ0) is 16.6. The number of hydrogen-bond acceptors (Lipinski definition) is 4. The lowest BCUT2D eigenvalue weighted by Crippen LogP contribution is -2.50. The van der Waals surface area contributed by atoms with E-state index in [4.69, 9.17) is 9.47 Å². The Hall–Kier alpha value is -0.810. The van der Waals surface area contributed by atoms with Crippen LogP contribution in [-0.2, 0) is 9.47 Å². The number of amides is 1. The van der Waals surface area contributed by atoms with Crippen LogP contribution in [-0.4, -0.2) is 45.7 Å². The molecule has 0 aromatic heterocycles. The molecule has 0 aromatic carbocycles. The maximum absolute atomic E-state index is 12.5. The molecule has 5 nitrogen and oxygen atoms in total. The van der Waals surface area contributed by atoms with Gasteiger partial charge in [-0.3, -0.25) is 4.90 Å². The monoisotopic (exact) mass is 313 g/mol.